The van der Waals surface area contributed by atoms with Gasteiger partial charge in [-0.05, 0) is 43.7 Å². The van der Waals surface area contributed by atoms with Crippen LogP contribution in [0.25, 0.3) is 11.0 Å². The number of hydrogen-bond acceptors (Lipinski definition) is 8. The van der Waals surface area contributed by atoms with Crippen LogP contribution in [-0.4, -0.2) is 29.6 Å². The van der Waals surface area contributed by atoms with Gasteiger partial charge in [0.25, 0.3) is 0 Å². The molecule has 9 heteroatoms. The van der Waals surface area contributed by atoms with Crippen LogP contribution in [0.3, 0.4) is 0 Å². The fraction of sp³-hybridized carbons (Fsp3) is 0.188. The third-order valence-electron chi connectivity index (χ3n) is 3.26. The van der Waals surface area contributed by atoms with Crippen molar-refractivity contribution in [2.24, 2.45) is 0 Å². The van der Waals surface area contributed by atoms with E-state index < -0.39 is 16.2 Å². The molecular weight excluding hydrogens is 364 g/mol. The largest absolute Gasteiger partial charge is 0.483 e. The number of ether oxygens (including phenoxy) is 1. The first-order valence-electron chi connectivity index (χ1n) is 7.28. The van der Waals surface area contributed by atoms with E-state index in [0.717, 1.165) is 17.3 Å². The minimum absolute atomic E-state index is 0.0519. The molecule has 25 heavy (non-hydrogen) atoms. The third kappa shape index (κ3) is 3.77. The van der Waals surface area contributed by atoms with Gasteiger partial charge in [0.1, 0.15) is 27.4 Å². The summed E-state index contributed by atoms with van der Waals surface area (Å²) in [5.41, 5.74) is 1.49. The lowest BCUT2D eigenvalue weighted by atomic mass is 10.2. The van der Waals surface area contributed by atoms with E-state index >= 15 is 0 Å². The highest BCUT2D eigenvalue weighted by atomic mass is 32.2. The summed E-state index contributed by atoms with van der Waals surface area (Å²) in [5.74, 6) is 0.437. The number of benzene rings is 2. The van der Waals surface area contributed by atoms with E-state index in [1.54, 1.807) is 38.1 Å². The van der Waals surface area contributed by atoms with Gasteiger partial charge in [0.05, 0.1) is 11.7 Å². The fourth-order valence-corrected chi connectivity index (χ4v) is 3.91. The molecule has 7 nitrogen and oxygen atoms in total. The maximum Gasteiger partial charge on any atom is 0.341 e. The summed E-state index contributed by atoms with van der Waals surface area (Å²) in [7, 11) is -4.10. The average Bonchev–Trinajstić information content (AvgIpc) is 3.01. The molecule has 0 amide bonds. The number of aldehydes is 1. The van der Waals surface area contributed by atoms with Crippen molar-refractivity contribution in [1.82, 2.24) is 8.75 Å². The molecule has 0 aliphatic heterocycles. The molecular formula is C16H14N2O5S2. The van der Waals surface area contributed by atoms with Gasteiger partial charge in [-0.15, -0.1) is 0 Å². The van der Waals surface area contributed by atoms with E-state index in [-0.39, 0.29) is 16.2 Å². The Bertz CT molecular complexity index is 1030. The predicted octanol–water partition coefficient (Wildman–Crippen LogP) is 2.73. The van der Waals surface area contributed by atoms with Gasteiger partial charge in [-0.2, -0.15) is 17.2 Å². The van der Waals surface area contributed by atoms with Crippen LogP contribution in [0.2, 0.25) is 0 Å². The smallest absolute Gasteiger partial charge is 0.341 e. The van der Waals surface area contributed by atoms with Gasteiger partial charge < -0.3 is 8.92 Å². The van der Waals surface area contributed by atoms with Crippen molar-refractivity contribution in [3.8, 4) is 11.5 Å². The maximum atomic E-state index is 12.6. The lowest BCUT2D eigenvalue weighted by molar-refractivity contribution is -0.113. The molecule has 1 aromatic heterocycles. The SMILES string of the molecule is Cc1cc(OC(C)C=O)cc(OS(=O)(=O)c2cccc3nsnc23)c1. The number of rotatable bonds is 6. The number of carbonyl (C=O) groups excluding carboxylic acids is 1. The first-order valence-corrected chi connectivity index (χ1v) is 9.42. The molecule has 1 unspecified atom stereocenters. The highest BCUT2D eigenvalue weighted by Crippen LogP contribution is 2.28. The molecule has 0 bridgehead atoms. The van der Waals surface area contributed by atoms with E-state index in [2.05, 4.69) is 8.75 Å². The highest BCUT2D eigenvalue weighted by molar-refractivity contribution is 7.87. The van der Waals surface area contributed by atoms with Gasteiger partial charge in [-0.25, -0.2) is 0 Å². The molecule has 0 saturated heterocycles. The summed E-state index contributed by atoms with van der Waals surface area (Å²) in [5, 5.41) is 0. The topological polar surface area (TPSA) is 95.5 Å². The minimum atomic E-state index is -4.10. The van der Waals surface area contributed by atoms with E-state index in [1.165, 1.54) is 12.1 Å². The van der Waals surface area contributed by atoms with Crippen molar-refractivity contribution < 1.29 is 22.1 Å². The summed E-state index contributed by atoms with van der Waals surface area (Å²) >= 11 is 0.931. The number of nitrogens with zero attached hydrogens (tertiary/aromatic N) is 2. The maximum absolute atomic E-state index is 12.6. The van der Waals surface area contributed by atoms with E-state index in [9.17, 15) is 13.2 Å². The lowest BCUT2D eigenvalue weighted by Crippen LogP contribution is -2.13. The van der Waals surface area contributed by atoms with Crippen molar-refractivity contribution in [3.63, 3.8) is 0 Å². The zero-order valence-electron chi connectivity index (χ0n) is 13.4. The molecule has 3 rings (SSSR count). The Balaban J connectivity index is 1.96. The zero-order chi connectivity index (χ0) is 18.0. The van der Waals surface area contributed by atoms with Gasteiger partial charge in [-0.1, -0.05) is 6.07 Å². The lowest BCUT2D eigenvalue weighted by Gasteiger charge is -2.12. The monoisotopic (exact) mass is 378 g/mol. The van der Waals surface area contributed by atoms with Gasteiger partial charge in [0.15, 0.2) is 12.4 Å². The van der Waals surface area contributed by atoms with Crippen molar-refractivity contribution in [2.45, 2.75) is 24.8 Å². The van der Waals surface area contributed by atoms with Gasteiger partial charge >= 0.3 is 10.1 Å². The summed E-state index contributed by atoms with van der Waals surface area (Å²) in [6.45, 7) is 3.35. The molecule has 2 aromatic carbocycles. The zero-order valence-corrected chi connectivity index (χ0v) is 15.0. The Morgan fingerprint density at radius 1 is 1.16 bits per heavy atom. The second kappa shape index (κ2) is 6.77. The number of aromatic nitrogens is 2. The third-order valence-corrected chi connectivity index (χ3v) is 5.08. The predicted molar refractivity (Wildman–Crippen MR) is 92.6 cm³/mol. The molecule has 0 aliphatic carbocycles. The number of aryl methyl sites for hydroxylation is 1. The van der Waals surface area contributed by atoms with Gasteiger partial charge in [-0.3, -0.25) is 4.79 Å². The van der Waals surface area contributed by atoms with Crippen molar-refractivity contribution in [2.75, 3.05) is 0 Å². The second-order valence-corrected chi connectivity index (χ2v) is 7.41. The van der Waals surface area contributed by atoms with E-state index in [0.29, 0.717) is 17.6 Å². The van der Waals surface area contributed by atoms with Crippen LogP contribution >= 0.6 is 11.7 Å². The molecule has 3 aromatic rings. The molecule has 1 atom stereocenters. The average molecular weight is 378 g/mol. The quantitative estimate of drug-likeness (QED) is 0.481. The van der Waals surface area contributed by atoms with Crippen LogP contribution < -0.4 is 8.92 Å². The Labute approximate surface area is 148 Å². The van der Waals surface area contributed by atoms with Crippen molar-refractivity contribution in [3.05, 3.63) is 42.0 Å². The summed E-state index contributed by atoms with van der Waals surface area (Å²) < 4.78 is 44.0. The minimum Gasteiger partial charge on any atom is -0.483 e. The number of hydrogen-bond donors (Lipinski definition) is 0. The Hall–Kier alpha value is -2.52. The first-order chi connectivity index (χ1) is 11.9. The summed E-state index contributed by atoms with van der Waals surface area (Å²) in [4.78, 5) is 10.7. The second-order valence-electron chi connectivity index (χ2n) is 5.37. The van der Waals surface area contributed by atoms with Crippen LogP contribution in [0.15, 0.2) is 41.3 Å². The molecule has 0 saturated carbocycles. The van der Waals surface area contributed by atoms with Crippen LogP contribution in [0.5, 0.6) is 11.5 Å². The van der Waals surface area contributed by atoms with Gasteiger partial charge in [0.2, 0.25) is 0 Å². The van der Waals surface area contributed by atoms with Crippen LogP contribution in [0.4, 0.5) is 0 Å². The molecule has 1 heterocycles. The van der Waals surface area contributed by atoms with E-state index in [1.807, 2.05) is 0 Å². The van der Waals surface area contributed by atoms with Crippen molar-refractivity contribution in [1.29, 1.82) is 0 Å². The molecule has 0 radical (unpaired) electrons. The standard InChI is InChI=1S/C16H14N2O5S2/c1-10-6-12(22-11(2)9-19)8-13(7-10)23-25(20,21)15-5-3-4-14-16(15)18-24-17-14/h3-9,11H,1-2H3. The Morgan fingerprint density at radius 3 is 2.68 bits per heavy atom. The van der Waals surface area contributed by atoms with Crippen LogP contribution in [-0.2, 0) is 14.9 Å². The van der Waals surface area contributed by atoms with Crippen molar-refractivity contribution >= 4 is 39.2 Å². The van der Waals surface area contributed by atoms with E-state index in [4.69, 9.17) is 8.92 Å². The molecule has 0 fully saturated rings. The summed E-state index contributed by atoms with van der Waals surface area (Å²) in [6.07, 6.45) is -0.00341. The van der Waals surface area contributed by atoms with Crippen LogP contribution in [0.1, 0.15) is 12.5 Å². The molecule has 130 valence electrons. The number of fused-ring (bicyclic) bond motifs is 1. The van der Waals surface area contributed by atoms with Crippen LogP contribution in [0, 0.1) is 6.92 Å². The highest BCUT2D eigenvalue weighted by Gasteiger charge is 2.22. The molecule has 0 spiro atoms. The number of carbonyl (C=O) groups is 1. The Morgan fingerprint density at radius 2 is 1.92 bits per heavy atom. The first kappa shape index (κ1) is 17.3. The normalized spacial score (nSPS) is 12.7. The van der Waals surface area contributed by atoms with Gasteiger partial charge in [0, 0.05) is 6.07 Å². The Kier molecular flexibility index (Phi) is 4.69. The molecule has 0 N–H and O–H groups in total. The fourth-order valence-electron chi connectivity index (χ4n) is 2.23. The molecule has 0 aliphatic rings. The summed E-state index contributed by atoms with van der Waals surface area (Å²) in [6, 6.07) is 9.35.